The number of halogens is 1. The zero-order valence-corrected chi connectivity index (χ0v) is 10.7. The summed E-state index contributed by atoms with van der Waals surface area (Å²) in [5.41, 5.74) is 0.601. The van der Waals surface area contributed by atoms with E-state index in [1.807, 2.05) is 12.1 Å². The van der Waals surface area contributed by atoms with E-state index in [1.165, 1.54) is 0 Å². The minimum Gasteiger partial charge on any atom is -0.379 e. The molecule has 0 aliphatic carbocycles. The van der Waals surface area contributed by atoms with Crippen molar-refractivity contribution in [3.05, 3.63) is 35.6 Å². The second kappa shape index (κ2) is 4.61. The van der Waals surface area contributed by atoms with E-state index in [4.69, 9.17) is 4.74 Å². The van der Waals surface area contributed by atoms with E-state index in [9.17, 15) is 4.39 Å². The maximum Gasteiger partial charge on any atom is 0.127 e. The topological polar surface area (TPSA) is 24.5 Å². The van der Waals surface area contributed by atoms with Crippen molar-refractivity contribution < 1.29 is 9.13 Å². The van der Waals surface area contributed by atoms with Crippen LogP contribution >= 0.6 is 0 Å². The van der Waals surface area contributed by atoms with Gasteiger partial charge in [-0.15, -0.1) is 0 Å². The van der Waals surface area contributed by atoms with Gasteiger partial charge in [-0.1, -0.05) is 18.2 Å². The highest BCUT2D eigenvalue weighted by Crippen LogP contribution is 2.38. The Morgan fingerprint density at radius 2 is 2.17 bits per heavy atom. The molecule has 1 N–H and O–H groups in total. The molecule has 1 atom stereocenters. The number of benzene rings is 1. The molecule has 2 heterocycles. The van der Waals surface area contributed by atoms with E-state index < -0.39 is 0 Å². The third-order valence-electron chi connectivity index (χ3n) is 4.18. The molecule has 3 rings (SSSR count). The van der Waals surface area contributed by atoms with Crippen LogP contribution in [0.5, 0.6) is 0 Å². The van der Waals surface area contributed by atoms with E-state index in [0.717, 1.165) is 25.2 Å². The van der Waals surface area contributed by atoms with Gasteiger partial charge in [-0.05, 0) is 13.1 Å². The fourth-order valence-corrected chi connectivity index (χ4v) is 3.00. The molecule has 0 saturated carbocycles. The fourth-order valence-electron chi connectivity index (χ4n) is 3.00. The Labute approximate surface area is 107 Å². The third-order valence-corrected chi connectivity index (χ3v) is 4.18. The molecule has 0 amide bonds. The van der Waals surface area contributed by atoms with Crippen LogP contribution in [0.1, 0.15) is 5.56 Å². The molecule has 0 radical (unpaired) electrons. The second-order valence-corrected chi connectivity index (χ2v) is 5.40. The van der Waals surface area contributed by atoms with Gasteiger partial charge in [0.2, 0.25) is 0 Å². The maximum atomic E-state index is 14.1. The van der Waals surface area contributed by atoms with Crippen molar-refractivity contribution in [3.8, 4) is 0 Å². The maximum absolute atomic E-state index is 14.1. The zero-order chi connectivity index (χ0) is 12.6. The summed E-state index contributed by atoms with van der Waals surface area (Å²) < 4.78 is 19.5. The molecule has 2 aliphatic heterocycles. The summed E-state index contributed by atoms with van der Waals surface area (Å²) in [7, 11) is 2.11. The van der Waals surface area contributed by atoms with Crippen LogP contribution in [0.3, 0.4) is 0 Å². The zero-order valence-electron chi connectivity index (χ0n) is 10.7. The first-order valence-corrected chi connectivity index (χ1v) is 6.47. The molecule has 0 aromatic heterocycles. The average Bonchev–Trinajstić information content (AvgIpc) is 2.30. The molecular weight excluding hydrogens is 231 g/mol. The lowest BCUT2D eigenvalue weighted by atomic mass is 9.71. The van der Waals surface area contributed by atoms with E-state index in [0.29, 0.717) is 13.2 Å². The SMILES string of the molecule is CN1CCNC(C2(c3ccccc3F)COC2)C1. The molecule has 0 bridgehead atoms. The van der Waals surface area contributed by atoms with Crippen LogP contribution < -0.4 is 5.32 Å². The second-order valence-electron chi connectivity index (χ2n) is 5.40. The van der Waals surface area contributed by atoms with Gasteiger partial charge >= 0.3 is 0 Å². The van der Waals surface area contributed by atoms with Gasteiger partial charge in [0, 0.05) is 31.2 Å². The number of hydrogen-bond acceptors (Lipinski definition) is 3. The van der Waals surface area contributed by atoms with Crippen molar-refractivity contribution in [1.29, 1.82) is 0 Å². The predicted molar refractivity (Wildman–Crippen MR) is 68.2 cm³/mol. The third kappa shape index (κ3) is 1.85. The quantitative estimate of drug-likeness (QED) is 0.847. The van der Waals surface area contributed by atoms with E-state index in [-0.39, 0.29) is 17.3 Å². The first-order valence-electron chi connectivity index (χ1n) is 6.47. The molecular formula is C14H19FN2O. The summed E-state index contributed by atoms with van der Waals surface area (Å²) in [5, 5.41) is 3.53. The van der Waals surface area contributed by atoms with Crippen molar-refractivity contribution in [1.82, 2.24) is 10.2 Å². The van der Waals surface area contributed by atoms with Crippen LogP contribution in [0.2, 0.25) is 0 Å². The molecule has 1 aromatic carbocycles. The fraction of sp³-hybridized carbons (Fsp3) is 0.571. The first-order chi connectivity index (χ1) is 8.72. The van der Waals surface area contributed by atoms with E-state index in [2.05, 4.69) is 17.3 Å². The van der Waals surface area contributed by atoms with Crippen LogP contribution in [-0.4, -0.2) is 50.8 Å². The van der Waals surface area contributed by atoms with E-state index >= 15 is 0 Å². The number of likely N-dealkylation sites (N-methyl/N-ethyl adjacent to an activating group) is 1. The monoisotopic (exact) mass is 250 g/mol. The summed E-state index contributed by atoms with van der Waals surface area (Å²) in [5.74, 6) is -0.115. The van der Waals surface area contributed by atoms with Crippen LogP contribution in [0.25, 0.3) is 0 Å². The summed E-state index contributed by atoms with van der Waals surface area (Å²) in [6, 6.07) is 7.36. The molecule has 2 aliphatic rings. The molecule has 1 unspecified atom stereocenters. The largest absolute Gasteiger partial charge is 0.379 e. The van der Waals surface area contributed by atoms with Crippen molar-refractivity contribution >= 4 is 0 Å². The van der Waals surface area contributed by atoms with Gasteiger partial charge in [0.1, 0.15) is 5.82 Å². The summed E-state index contributed by atoms with van der Waals surface area (Å²) in [6.07, 6.45) is 0. The minimum atomic E-state index is -0.194. The van der Waals surface area contributed by atoms with Crippen molar-refractivity contribution in [2.45, 2.75) is 11.5 Å². The molecule has 2 fully saturated rings. The van der Waals surface area contributed by atoms with Gasteiger partial charge < -0.3 is 15.0 Å². The van der Waals surface area contributed by atoms with Gasteiger partial charge in [0.05, 0.1) is 18.6 Å². The molecule has 18 heavy (non-hydrogen) atoms. The highest BCUT2D eigenvalue weighted by Gasteiger charge is 2.49. The smallest absolute Gasteiger partial charge is 0.127 e. The normalized spacial score (nSPS) is 27.8. The average molecular weight is 250 g/mol. The lowest BCUT2D eigenvalue weighted by molar-refractivity contribution is -0.0880. The Bertz CT molecular complexity index is 434. The molecule has 1 aromatic rings. The van der Waals surface area contributed by atoms with Crippen molar-refractivity contribution in [3.63, 3.8) is 0 Å². The molecule has 0 spiro atoms. The predicted octanol–water partition coefficient (Wildman–Crippen LogP) is 0.997. The summed E-state index contributed by atoms with van der Waals surface area (Å²) >= 11 is 0. The molecule has 3 nitrogen and oxygen atoms in total. The van der Waals surface area contributed by atoms with Gasteiger partial charge in [0.25, 0.3) is 0 Å². The first kappa shape index (κ1) is 12.1. The number of nitrogens with zero attached hydrogens (tertiary/aromatic N) is 1. The van der Waals surface area contributed by atoms with Crippen molar-refractivity contribution in [2.75, 3.05) is 39.9 Å². The lowest BCUT2D eigenvalue weighted by Crippen LogP contribution is -2.66. The Hall–Kier alpha value is -0.970. The highest BCUT2D eigenvalue weighted by molar-refractivity contribution is 5.32. The number of nitrogens with one attached hydrogen (secondary N) is 1. The highest BCUT2D eigenvalue weighted by atomic mass is 19.1. The number of ether oxygens (including phenoxy) is 1. The Morgan fingerprint density at radius 3 is 2.78 bits per heavy atom. The summed E-state index contributed by atoms with van der Waals surface area (Å²) in [6.45, 7) is 4.17. The Morgan fingerprint density at radius 1 is 1.39 bits per heavy atom. The van der Waals surface area contributed by atoms with Gasteiger partial charge in [-0.2, -0.15) is 0 Å². The van der Waals surface area contributed by atoms with Gasteiger partial charge in [-0.3, -0.25) is 0 Å². The molecule has 2 saturated heterocycles. The standard InChI is InChI=1S/C14H19FN2O/c1-17-7-6-16-13(8-17)14(9-18-10-14)11-4-2-3-5-12(11)15/h2-5,13,16H,6-10H2,1H3. The summed E-state index contributed by atoms with van der Waals surface area (Å²) in [4.78, 5) is 2.29. The van der Waals surface area contributed by atoms with Crippen LogP contribution in [0.4, 0.5) is 4.39 Å². The van der Waals surface area contributed by atoms with Gasteiger partial charge in [-0.25, -0.2) is 4.39 Å². The molecule has 98 valence electrons. The number of rotatable bonds is 2. The molecule has 4 heteroatoms. The lowest BCUT2D eigenvalue weighted by Gasteiger charge is -2.50. The van der Waals surface area contributed by atoms with Crippen LogP contribution in [-0.2, 0) is 10.2 Å². The number of hydrogen-bond donors (Lipinski definition) is 1. The van der Waals surface area contributed by atoms with Gasteiger partial charge in [0.15, 0.2) is 0 Å². The number of piperazine rings is 1. The van der Waals surface area contributed by atoms with Crippen molar-refractivity contribution in [2.24, 2.45) is 0 Å². The van der Waals surface area contributed by atoms with Crippen LogP contribution in [0.15, 0.2) is 24.3 Å². The minimum absolute atomic E-state index is 0.115. The van der Waals surface area contributed by atoms with E-state index in [1.54, 1.807) is 12.1 Å². The Kier molecular flexibility index (Phi) is 3.09. The Balaban J connectivity index is 1.92. The van der Waals surface area contributed by atoms with Crippen LogP contribution in [0, 0.1) is 5.82 Å².